The molecule has 2 atom stereocenters. The predicted octanol–water partition coefficient (Wildman–Crippen LogP) is 1.68. The van der Waals surface area contributed by atoms with Crippen molar-refractivity contribution in [3.8, 4) is 0 Å². The third-order valence-electron chi connectivity index (χ3n) is 4.08. The molecule has 0 saturated carbocycles. The maximum atomic E-state index is 12.9. The van der Waals surface area contributed by atoms with E-state index in [1.54, 1.807) is 33.0 Å². The Labute approximate surface area is 120 Å². The van der Waals surface area contributed by atoms with Gasteiger partial charge < -0.3 is 10.5 Å². The van der Waals surface area contributed by atoms with Gasteiger partial charge in [0, 0.05) is 19.3 Å². The lowest BCUT2D eigenvalue weighted by atomic mass is 10.1. The van der Waals surface area contributed by atoms with Crippen molar-refractivity contribution in [3.05, 3.63) is 23.3 Å². The highest BCUT2D eigenvalue weighted by molar-refractivity contribution is 7.89. The topological polar surface area (TPSA) is 72.6 Å². The van der Waals surface area contributed by atoms with Crippen molar-refractivity contribution < 1.29 is 13.2 Å². The number of ether oxygens (including phenoxy) is 1. The summed E-state index contributed by atoms with van der Waals surface area (Å²) in [6, 6.07) is 3.36. The highest BCUT2D eigenvalue weighted by Gasteiger charge is 2.36. The Bertz CT molecular complexity index is 613. The van der Waals surface area contributed by atoms with Crippen molar-refractivity contribution in [3.63, 3.8) is 0 Å². The molecular formula is C14H22N2O3S. The molecule has 2 N–H and O–H groups in total. The molecule has 2 rings (SSSR count). The third-order valence-corrected chi connectivity index (χ3v) is 6.26. The number of nitrogens with zero attached hydrogens (tertiary/aromatic N) is 1. The number of nitrogen functional groups attached to an aromatic ring is 1. The number of nitrogens with two attached hydrogens (primary N) is 1. The Morgan fingerprint density at radius 1 is 1.35 bits per heavy atom. The van der Waals surface area contributed by atoms with Gasteiger partial charge in [-0.15, -0.1) is 0 Å². The Hall–Kier alpha value is -1.11. The Morgan fingerprint density at radius 2 is 2.00 bits per heavy atom. The van der Waals surface area contributed by atoms with Crippen LogP contribution in [0.2, 0.25) is 0 Å². The fraction of sp³-hybridized carbons (Fsp3) is 0.571. The quantitative estimate of drug-likeness (QED) is 0.862. The van der Waals surface area contributed by atoms with Gasteiger partial charge in [-0.1, -0.05) is 6.07 Å². The first-order chi connectivity index (χ1) is 9.26. The lowest BCUT2D eigenvalue weighted by Crippen LogP contribution is -2.41. The molecular weight excluding hydrogens is 276 g/mol. The molecule has 2 unspecified atom stereocenters. The maximum Gasteiger partial charge on any atom is 0.243 e. The molecule has 6 heteroatoms. The SMILES string of the molecule is Cc1ccc(N)c(C)c1S(=O)(=O)N(C)C1CCOC1C. The van der Waals surface area contributed by atoms with E-state index in [-0.39, 0.29) is 12.1 Å². The van der Waals surface area contributed by atoms with Crippen LogP contribution in [0.1, 0.15) is 24.5 Å². The minimum atomic E-state index is -3.57. The van der Waals surface area contributed by atoms with Crippen LogP contribution in [0.3, 0.4) is 0 Å². The van der Waals surface area contributed by atoms with E-state index >= 15 is 0 Å². The van der Waals surface area contributed by atoms with Gasteiger partial charge in [0.25, 0.3) is 0 Å². The van der Waals surface area contributed by atoms with Crippen LogP contribution in [0.4, 0.5) is 5.69 Å². The largest absolute Gasteiger partial charge is 0.398 e. The highest BCUT2D eigenvalue weighted by Crippen LogP contribution is 2.30. The Morgan fingerprint density at radius 3 is 2.55 bits per heavy atom. The maximum absolute atomic E-state index is 12.9. The Kier molecular flexibility index (Phi) is 4.09. The lowest BCUT2D eigenvalue weighted by molar-refractivity contribution is 0.102. The molecule has 1 aromatic carbocycles. The molecule has 0 aromatic heterocycles. The highest BCUT2D eigenvalue weighted by atomic mass is 32.2. The number of anilines is 1. The molecule has 20 heavy (non-hydrogen) atoms. The molecule has 1 saturated heterocycles. The number of benzene rings is 1. The Balaban J connectivity index is 2.48. The van der Waals surface area contributed by atoms with Gasteiger partial charge in [0.15, 0.2) is 0 Å². The molecule has 0 radical (unpaired) electrons. The van der Waals surface area contributed by atoms with Crippen LogP contribution in [0.25, 0.3) is 0 Å². The van der Waals surface area contributed by atoms with Crippen molar-refractivity contribution in [2.24, 2.45) is 0 Å². The predicted molar refractivity (Wildman–Crippen MR) is 79.1 cm³/mol. The summed E-state index contributed by atoms with van der Waals surface area (Å²) >= 11 is 0. The first-order valence-corrected chi connectivity index (χ1v) is 8.16. The van der Waals surface area contributed by atoms with Crippen LogP contribution in [0.15, 0.2) is 17.0 Å². The number of aryl methyl sites for hydroxylation is 1. The molecule has 1 fully saturated rings. The van der Waals surface area contributed by atoms with Crippen LogP contribution >= 0.6 is 0 Å². The minimum Gasteiger partial charge on any atom is -0.398 e. The van der Waals surface area contributed by atoms with E-state index in [4.69, 9.17) is 10.5 Å². The van der Waals surface area contributed by atoms with Crippen LogP contribution in [0.5, 0.6) is 0 Å². The van der Waals surface area contributed by atoms with Crippen molar-refractivity contribution in [1.82, 2.24) is 4.31 Å². The lowest BCUT2D eigenvalue weighted by Gasteiger charge is -2.27. The summed E-state index contributed by atoms with van der Waals surface area (Å²) in [6.45, 7) is 6.04. The van der Waals surface area contributed by atoms with Gasteiger partial charge in [-0.25, -0.2) is 8.42 Å². The summed E-state index contributed by atoms with van der Waals surface area (Å²) in [5, 5.41) is 0. The summed E-state index contributed by atoms with van der Waals surface area (Å²) in [7, 11) is -1.95. The molecule has 1 aromatic rings. The second-order valence-corrected chi connectivity index (χ2v) is 7.31. The normalized spacial score (nSPS) is 23.4. The van der Waals surface area contributed by atoms with Gasteiger partial charge >= 0.3 is 0 Å². The van der Waals surface area contributed by atoms with Crippen molar-refractivity contribution >= 4 is 15.7 Å². The van der Waals surface area contributed by atoms with Gasteiger partial charge in [0.2, 0.25) is 10.0 Å². The van der Waals surface area contributed by atoms with Crippen molar-refractivity contribution in [2.45, 2.75) is 44.2 Å². The molecule has 5 nitrogen and oxygen atoms in total. The average Bonchev–Trinajstić information content (AvgIpc) is 2.79. The van der Waals surface area contributed by atoms with Crippen molar-refractivity contribution in [2.75, 3.05) is 19.4 Å². The summed E-state index contributed by atoms with van der Waals surface area (Å²) in [6.07, 6.45) is 0.633. The van der Waals surface area contributed by atoms with Crippen molar-refractivity contribution in [1.29, 1.82) is 0 Å². The molecule has 1 aliphatic heterocycles. The van der Waals surface area contributed by atoms with Gasteiger partial charge in [-0.05, 0) is 44.4 Å². The number of rotatable bonds is 3. The summed E-state index contributed by atoms with van der Waals surface area (Å²) in [4.78, 5) is 0.319. The summed E-state index contributed by atoms with van der Waals surface area (Å²) < 4.78 is 32.6. The van der Waals surface area contributed by atoms with E-state index in [0.717, 1.165) is 12.0 Å². The molecule has 0 amide bonds. The molecule has 0 aliphatic carbocycles. The number of likely N-dealkylation sites (N-methyl/N-ethyl adjacent to an activating group) is 1. The molecule has 1 heterocycles. The third kappa shape index (κ3) is 2.43. The van der Waals surface area contributed by atoms with Crippen LogP contribution in [-0.2, 0) is 14.8 Å². The van der Waals surface area contributed by atoms with E-state index in [9.17, 15) is 8.42 Å². The van der Waals surface area contributed by atoms with E-state index in [2.05, 4.69) is 0 Å². The van der Waals surface area contributed by atoms with E-state index in [0.29, 0.717) is 22.8 Å². The van der Waals surface area contributed by atoms with Crippen LogP contribution < -0.4 is 5.73 Å². The zero-order chi connectivity index (χ0) is 15.1. The number of hydrogen-bond donors (Lipinski definition) is 1. The number of sulfonamides is 1. The molecule has 0 bridgehead atoms. The van der Waals surface area contributed by atoms with Crippen LogP contribution in [0, 0.1) is 13.8 Å². The second-order valence-electron chi connectivity index (χ2n) is 5.38. The van der Waals surface area contributed by atoms with E-state index in [1.165, 1.54) is 4.31 Å². The molecule has 112 valence electrons. The van der Waals surface area contributed by atoms with Gasteiger partial charge in [-0.2, -0.15) is 4.31 Å². The molecule has 1 aliphatic rings. The first kappa shape index (κ1) is 15.3. The number of hydrogen-bond acceptors (Lipinski definition) is 4. The second kappa shape index (κ2) is 5.35. The molecule has 0 spiro atoms. The van der Waals surface area contributed by atoms with E-state index in [1.807, 2.05) is 6.92 Å². The standard InChI is InChI=1S/C14H22N2O3S/c1-9-5-6-12(15)10(2)14(9)20(17,18)16(4)13-7-8-19-11(13)3/h5-6,11,13H,7-8,15H2,1-4H3. The average molecular weight is 298 g/mol. The summed E-state index contributed by atoms with van der Waals surface area (Å²) in [5.74, 6) is 0. The van der Waals surface area contributed by atoms with E-state index < -0.39 is 10.0 Å². The monoisotopic (exact) mass is 298 g/mol. The summed E-state index contributed by atoms with van der Waals surface area (Å²) in [5.41, 5.74) is 7.69. The van der Waals surface area contributed by atoms with Gasteiger partial charge in [0.1, 0.15) is 0 Å². The van der Waals surface area contributed by atoms with Gasteiger partial charge in [-0.3, -0.25) is 0 Å². The smallest absolute Gasteiger partial charge is 0.243 e. The first-order valence-electron chi connectivity index (χ1n) is 6.72. The zero-order valence-corrected chi connectivity index (χ0v) is 13.2. The fourth-order valence-electron chi connectivity index (χ4n) is 2.76. The van der Waals surface area contributed by atoms with Crippen LogP contribution in [-0.4, -0.2) is 38.5 Å². The fourth-order valence-corrected chi connectivity index (χ4v) is 4.66. The minimum absolute atomic E-state index is 0.0866. The van der Waals surface area contributed by atoms with Gasteiger partial charge in [0.05, 0.1) is 17.0 Å². The zero-order valence-electron chi connectivity index (χ0n) is 12.4.